The van der Waals surface area contributed by atoms with Crippen LogP contribution >= 0.6 is 0 Å². The Balaban J connectivity index is 4.38. The minimum Gasteiger partial charge on any atom is -0.423 e. The minimum atomic E-state index is -0.458. The molecule has 0 rings (SSSR count). The van der Waals surface area contributed by atoms with Gasteiger partial charge in [-0.2, -0.15) is 0 Å². The number of carbonyl (C=O) groups excluding carboxylic acids is 2. The molecular formula is C8H12O3. The molecule has 3 heteroatoms. The first-order valence-corrected chi connectivity index (χ1v) is 3.45. The zero-order valence-corrected chi connectivity index (χ0v) is 7.01. The van der Waals surface area contributed by atoms with Crippen molar-refractivity contribution in [1.29, 1.82) is 0 Å². The predicted octanol–water partition coefficient (Wildman–Crippen LogP) is 1.43. The number of carbonyl (C=O) groups is 2. The minimum absolute atomic E-state index is 0.139. The summed E-state index contributed by atoms with van der Waals surface area (Å²) in [5, 5.41) is 0. The molecule has 0 radical (unpaired) electrons. The topological polar surface area (TPSA) is 43.4 Å². The van der Waals surface area contributed by atoms with Gasteiger partial charge in [-0.25, -0.2) is 0 Å². The third-order valence-electron chi connectivity index (χ3n) is 1.31. The van der Waals surface area contributed by atoms with Gasteiger partial charge in [0.25, 0.3) is 0 Å². The molecule has 0 amide bonds. The lowest BCUT2D eigenvalue weighted by atomic mass is 10.2. The second kappa shape index (κ2) is 4.66. The lowest BCUT2D eigenvalue weighted by Crippen LogP contribution is -2.02. The molecule has 0 atom stereocenters. The molecule has 0 aromatic rings. The Morgan fingerprint density at radius 3 is 2.27 bits per heavy atom. The highest BCUT2D eigenvalue weighted by Gasteiger charge is 2.03. The summed E-state index contributed by atoms with van der Waals surface area (Å²) in [6.45, 7) is 4.92. The van der Waals surface area contributed by atoms with Gasteiger partial charge in [0.05, 0.1) is 0 Å². The van der Waals surface area contributed by atoms with E-state index in [2.05, 4.69) is 4.74 Å². The highest BCUT2D eigenvalue weighted by Crippen LogP contribution is 2.06. The molecule has 11 heavy (non-hydrogen) atoms. The molecule has 0 bridgehead atoms. The second-order valence-electron chi connectivity index (χ2n) is 2.21. The van der Waals surface area contributed by atoms with Crippen LogP contribution in [0.3, 0.4) is 0 Å². The standard InChI is InChI=1S/C8H12O3/c1-4-6(2)8(5-9)11-7(3)10/h5H,4H2,1-3H3/b8-6+. The number of allylic oxidation sites excluding steroid dienone is 2. The summed E-state index contributed by atoms with van der Waals surface area (Å²) in [5.74, 6) is -0.320. The van der Waals surface area contributed by atoms with Gasteiger partial charge in [0.1, 0.15) is 0 Å². The largest absolute Gasteiger partial charge is 0.423 e. The Kier molecular flexibility index (Phi) is 4.18. The quantitative estimate of drug-likeness (QED) is 0.269. The number of hydrogen-bond donors (Lipinski definition) is 0. The van der Waals surface area contributed by atoms with Crippen LogP contribution in [-0.2, 0) is 14.3 Å². The lowest BCUT2D eigenvalue weighted by Gasteiger charge is -2.02. The van der Waals surface area contributed by atoms with Crippen molar-refractivity contribution in [3.05, 3.63) is 11.3 Å². The third kappa shape index (κ3) is 3.55. The monoisotopic (exact) mass is 156 g/mol. The van der Waals surface area contributed by atoms with E-state index in [4.69, 9.17) is 0 Å². The van der Waals surface area contributed by atoms with Crippen LogP contribution in [0.1, 0.15) is 27.2 Å². The molecule has 0 spiro atoms. The van der Waals surface area contributed by atoms with E-state index in [0.29, 0.717) is 12.7 Å². The Morgan fingerprint density at radius 2 is 2.00 bits per heavy atom. The zero-order valence-electron chi connectivity index (χ0n) is 7.01. The van der Waals surface area contributed by atoms with Gasteiger partial charge in [-0.05, 0) is 18.9 Å². The third-order valence-corrected chi connectivity index (χ3v) is 1.31. The zero-order chi connectivity index (χ0) is 8.85. The van der Waals surface area contributed by atoms with Crippen LogP contribution in [0.5, 0.6) is 0 Å². The van der Waals surface area contributed by atoms with E-state index in [0.717, 1.165) is 5.57 Å². The first-order chi connectivity index (χ1) is 5.11. The van der Waals surface area contributed by atoms with Crippen molar-refractivity contribution >= 4 is 12.3 Å². The van der Waals surface area contributed by atoms with Gasteiger partial charge >= 0.3 is 5.97 Å². The van der Waals surface area contributed by atoms with Gasteiger partial charge in [-0.3, -0.25) is 9.59 Å². The van der Waals surface area contributed by atoms with Crippen molar-refractivity contribution in [3.63, 3.8) is 0 Å². The van der Waals surface area contributed by atoms with Crippen LogP contribution in [0.2, 0.25) is 0 Å². The summed E-state index contributed by atoms with van der Waals surface area (Å²) in [5.41, 5.74) is 0.787. The molecular weight excluding hydrogens is 144 g/mol. The van der Waals surface area contributed by atoms with Crippen LogP contribution in [0.4, 0.5) is 0 Å². The van der Waals surface area contributed by atoms with Crippen LogP contribution in [0, 0.1) is 0 Å². The Bertz CT molecular complexity index is 192. The maximum absolute atomic E-state index is 10.4. The number of hydrogen-bond acceptors (Lipinski definition) is 3. The molecule has 0 heterocycles. The number of esters is 1. The van der Waals surface area contributed by atoms with Gasteiger partial charge in [0.15, 0.2) is 12.0 Å². The normalized spacial score (nSPS) is 11.9. The Labute approximate surface area is 66.0 Å². The summed E-state index contributed by atoms with van der Waals surface area (Å²) in [4.78, 5) is 20.7. The van der Waals surface area contributed by atoms with Crippen molar-refractivity contribution in [2.75, 3.05) is 0 Å². The van der Waals surface area contributed by atoms with Crippen LogP contribution in [-0.4, -0.2) is 12.3 Å². The van der Waals surface area contributed by atoms with Gasteiger partial charge in [-0.1, -0.05) is 6.92 Å². The predicted molar refractivity (Wildman–Crippen MR) is 40.8 cm³/mol. The van der Waals surface area contributed by atoms with E-state index in [1.807, 2.05) is 6.92 Å². The summed E-state index contributed by atoms with van der Waals surface area (Å²) >= 11 is 0. The summed E-state index contributed by atoms with van der Waals surface area (Å²) in [6.07, 6.45) is 1.27. The van der Waals surface area contributed by atoms with Crippen molar-refractivity contribution < 1.29 is 14.3 Å². The molecule has 0 saturated heterocycles. The first kappa shape index (κ1) is 9.88. The average molecular weight is 156 g/mol. The number of ether oxygens (including phenoxy) is 1. The van der Waals surface area contributed by atoms with Crippen molar-refractivity contribution in [1.82, 2.24) is 0 Å². The second-order valence-corrected chi connectivity index (χ2v) is 2.21. The fourth-order valence-electron chi connectivity index (χ4n) is 0.541. The molecule has 62 valence electrons. The maximum atomic E-state index is 10.4. The van der Waals surface area contributed by atoms with E-state index >= 15 is 0 Å². The van der Waals surface area contributed by atoms with Gasteiger partial charge in [-0.15, -0.1) is 0 Å². The molecule has 0 aromatic heterocycles. The van der Waals surface area contributed by atoms with Gasteiger partial charge in [0.2, 0.25) is 0 Å². The fourth-order valence-corrected chi connectivity index (χ4v) is 0.541. The molecule has 0 fully saturated rings. The van der Waals surface area contributed by atoms with E-state index in [1.165, 1.54) is 6.92 Å². The molecule has 0 aliphatic heterocycles. The van der Waals surface area contributed by atoms with Crippen molar-refractivity contribution in [3.8, 4) is 0 Å². The molecule has 0 N–H and O–H groups in total. The number of aldehydes is 1. The Hall–Kier alpha value is -1.12. The van der Waals surface area contributed by atoms with E-state index < -0.39 is 5.97 Å². The van der Waals surface area contributed by atoms with Gasteiger partial charge in [0, 0.05) is 6.92 Å². The first-order valence-electron chi connectivity index (χ1n) is 3.45. The van der Waals surface area contributed by atoms with Crippen LogP contribution in [0.15, 0.2) is 11.3 Å². The van der Waals surface area contributed by atoms with E-state index in [-0.39, 0.29) is 5.76 Å². The number of rotatable bonds is 3. The van der Waals surface area contributed by atoms with Crippen molar-refractivity contribution in [2.24, 2.45) is 0 Å². The van der Waals surface area contributed by atoms with E-state index in [1.54, 1.807) is 6.92 Å². The SMILES string of the molecule is CC/C(C)=C(\C=O)OC(C)=O. The summed E-state index contributed by atoms with van der Waals surface area (Å²) in [7, 11) is 0. The smallest absolute Gasteiger partial charge is 0.308 e. The highest BCUT2D eigenvalue weighted by atomic mass is 16.5. The van der Waals surface area contributed by atoms with Crippen LogP contribution < -0.4 is 0 Å². The Morgan fingerprint density at radius 1 is 1.45 bits per heavy atom. The summed E-state index contributed by atoms with van der Waals surface area (Å²) < 4.78 is 4.62. The highest BCUT2D eigenvalue weighted by molar-refractivity contribution is 5.78. The van der Waals surface area contributed by atoms with E-state index in [9.17, 15) is 9.59 Å². The van der Waals surface area contributed by atoms with Gasteiger partial charge < -0.3 is 4.74 Å². The molecule has 0 aliphatic carbocycles. The van der Waals surface area contributed by atoms with Crippen LogP contribution in [0.25, 0.3) is 0 Å². The summed E-state index contributed by atoms with van der Waals surface area (Å²) in [6, 6.07) is 0. The molecule has 3 nitrogen and oxygen atoms in total. The average Bonchev–Trinajstić information content (AvgIpc) is 1.98. The maximum Gasteiger partial charge on any atom is 0.308 e. The lowest BCUT2D eigenvalue weighted by molar-refractivity contribution is -0.138. The molecule has 0 unspecified atom stereocenters. The molecule has 0 aromatic carbocycles. The fraction of sp³-hybridized carbons (Fsp3) is 0.500. The molecule has 0 aliphatic rings. The van der Waals surface area contributed by atoms with Crippen molar-refractivity contribution in [2.45, 2.75) is 27.2 Å². The molecule has 0 saturated carbocycles.